The Bertz CT molecular complexity index is 236. The summed E-state index contributed by atoms with van der Waals surface area (Å²) in [6, 6.07) is 0. The van der Waals surface area contributed by atoms with Gasteiger partial charge in [0.15, 0.2) is 0 Å². The lowest BCUT2D eigenvalue weighted by Crippen LogP contribution is -2.16. The Morgan fingerprint density at radius 3 is 2.35 bits per heavy atom. The zero-order valence-corrected chi connectivity index (χ0v) is 11.3. The van der Waals surface area contributed by atoms with Crippen LogP contribution in [0, 0.1) is 5.92 Å². The van der Waals surface area contributed by atoms with Gasteiger partial charge in [-0.15, -0.1) is 0 Å². The number of rotatable bonds is 9. The van der Waals surface area contributed by atoms with Crippen LogP contribution in [0.4, 0.5) is 4.39 Å². The van der Waals surface area contributed by atoms with E-state index in [1.807, 2.05) is 0 Å². The van der Waals surface area contributed by atoms with E-state index in [1.54, 1.807) is 6.92 Å². The van der Waals surface area contributed by atoms with Gasteiger partial charge < -0.3 is 4.74 Å². The van der Waals surface area contributed by atoms with Crippen molar-refractivity contribution in [3.8, 4) is 0 Å². The summed E-state index contributed by atoms with van der Waals surface area (Å²) in [6.45, 7) is 9.77. The number of carbonyl (C=O) groups excluding carboxylic acids is 1. The highest BCUT2D eigenvalue weighted by atomic mass is 19.1. The number of ether oxygens (including phenoxy) is 1. The molecule has 1 unspecified atom stereocenters. The van der Waals surface area contributed by atoms with E-state index in [0.29, 0.717) is 12.3 Å². The van der Waals surface area contributed by atoms with E-state index in [0.717, 1.165) is 19.3 Å². The lowest BCUT2D eigenvalue weighted by molar-refractivity contribution is -0.139. The molecule has 0 saturated carbocycles. The lowest BCUT2D eigenvalue weighted by atomic mass is 10.0. The van der Waals surface area contributed by atoms with Crippen molar-refractivity contribution in [2.24, 2.45) is 5.92 Å². The van der Waals surface area contributed by atoms with Gasteiger partial charge in [0.2, 0.25) is 0 Å². The van der Waals surface area contributed by atoms with Crippen LogP contribution in [0.25, 0.3) is 0 Å². The van der Waals surface area contributed by atoms with E-state index >= 15 is 0 Å². The normalized spacial score (nSPS) is 12.5. The molecule has 1 atom stereocenters. The topological polar surface area (TPSA) is 26.3 Å². The van der Waals surface area contributed by atoms with E-state index in [-0.39, 0.29) is 12.2 Å². The van der Waals surface area contributed by atoms with Crippen LogP contribution in [0.5, 0.6) is 0 Å². The molecule has 0 heterocycles. The van der Waals surface area contributed by atoms with Crippen LogP contribution in [-0.4, -0.2) is 18.7 Å². The Balaban J connectivity index is 3.67. The molecule has 0 radical (unpaired) electrons. The van der Waals surface area contributed by atoms with E-state index in [2.05, 4.69) is 20.4 Å². The number of alkyl halides is 1. The van der Waals surface area contributed by atoms with Crippen LogP contribution in [-0.2, 0) is 9.53 Å². The minimum absolute atomic E-state index is 0.0456. The Hall–Kier alpha value is -0.860. The van der Waals surface area contributed by atoms with Gasteiger partial charge in [-0.25, -0.2) is 9.18 Å². The number of carbonyl (C=O) groups is 1. The second-order valence-corrected chi connectivity index (χ2v) is 4.75. The minimum Gasteiger partial charge on any atom is -0.463 e. The average molecular weight is 244 g/mol. The molecule has 3 heteroatoms. The van der Waals surface area contributed by atoms with Gasteiger partial charge in [0.1, 0.15) is 6.17 Å². The van der Waals surface area contributed by atoms with Crippen LogP contribution < -0.4 is 0 Å². The van der Waals surface area contributed by atoms with E-state index in [1.165, 1.54) is 6.42 Å². The lowest BCUT2D eigenvalue weighted by Gasteiger charge is -2.10. The van der Waals surface area contributed by atoms with E-state index in [4.69, 9.17) is 4.74 Å². The molecule has 17 heavy (non-hydrogen) atoms. The number of esters is 1. The fraction of sp³-hybridized carbons (Fsp3) is 0.786. The van der Waals surface area contributed by atoms with Gasteiger partial charge in [-0.3, -0.25) is 0 Å². The number of unbranched alkanes of at least 4 members (excludes halogenated alkanes) is 2. The monoisotopic (exact) mass is 244 g/mol. The first-order valence-corrected chi connectivity index (χ1v) is 6.49. The summed E-state index contributed by atoms with van der Waals surface area (Å²) >= 11 is 0. The van der Waals surface area contributed by atoms with Crippen molar-refractivity contribution in [2.45, 2.75) is 59.0 Å². The fourth-order valence-corrected chi connectivity index (χ4v) is 1.58. The molecule has 0 aromatic carbocycles. The second kappa shape index (κ2) is 9.20. The molecule has 0 fully saturated rings. The Labute approximate surface area is 104 Å². The van der Waals surface area contributed by atoms with Crippen LogP contribution in [0.15, 0.2) is 12.2 Å². The molecule has 100 valence electrons. The highest BCUT2D eigenvalue weighted by Crippen LogP contribution is 2.16. The van der Waals surface area contributed by atoms with Crippen LogP contribution >= 0.6 is 0 Å². The highest BCUT2D eigenvalue weighted by molar-refractivity contribution is 5.88. The van der Waals surface area contributed by atoms with Gasteiger partial charge in [-0.05, 0) is 19.3 Å². The van der Waals surface area contributed by atoms with Gasteiger partial charge in [-0.1, -0.05) is 46.1 Å². The highest BCUT2D eigenvalue weighted by Gasteiger charge is 2.18. The van der Waals surface area contributed by atoms with Crippen molar-refractivity contribution >= 4 is 5.97 Å². The summed E-state index contributed by atoms with van der Waals surface area (Å²) in [4.78, 5) is 11.2. The van der Waals surface area contributed by atoms with Crippen molar-refractivity contribution < 1.29 is 13.9 Å². The first kappa shape index (κ1) is 16.1. The summed E-state index contributed by atoms with van der Waals surface area (Å²) in [5.41, 5.74) is -0.0456. The fourth-order valence-electron chi connectivity index (χ4n) is 1.58. The maximum Gasteiger partial charge on any atom is 0.336 e. The van der Waals surface area contributed by atoms with E-state index < -0.39 is 12.1 Å². The molecule has 0 aromatic heterocycles. The summed E-state index contributed by atoms with van der Waals surface area (Å²) in [7, 11) is 0. The largest absolute Gasteiger partial charge is 0.463 e. The zero-order valence-electron chi connectivity index (χ0n) is 11.3. The van der Waals surface area contributed by atoms with Crippen molar-refractivity contribution in [3.05, 3.63) is 12.2 Å². The summed E-state index contributed by atoms with van der Waals surface area (Å²) in [6.07, 6.45) is 3.22. The summed E-state index contributed by atoms with van der Waals surface area (Å²) in [5.74, 6) is 0.0906. The number of hydrogen-bond acceptors (Lipinski definition) is 2. The zero-order chi connectivity index (χ0) is 13.3. The first-order chi connectivity index (χ1) is 7.99. The second-order valence-electron chi connectivity index (χ2n) is 4.75. The molecule has 2 nitrogen and oxygen atoms in total. The molecule has 0 N–H and O–H groups in total. The minimum atomic E-state index is -1.26. The molecular formula is C14H25FO2. The maximum atomic E-state index is 13.6. The average Bonchev–Trinajstić information content (AvgIpc) is 2.27. The van der Waals surface area contributed by atoms with Gasteiger partial charge >= 0.3 is 5.97 Å². The number of halogens is 1. The molecule has 0 aliphatic heterocycles. The van der Waals surface area contributed by atoms with Crippen LogP contribution in [0.2, 0.25) is 0 Å². The predicted molar refractivity (Wildman–Crippen MR) is 68.6 cm³/mol. The van der Waals surface area contributed by atoms with Crippen molar-refractivity contribution in [1.82, 2.24) is 0 Å². The van der Waals surface area contributed by atoms with Crippen LogP contribution in [0.1, 0.15) is 52.9 Å². The molecule has 0 aliphatic carbocycles. The molecule has 0 spiro atoms. The Kier molecular flexibility index (Phi) is 8.73. The molecule has 0 aliphatic rings. The third kappa shape index (κ3) is 7.94. The number of hydrogen-bond donors (Lipinski definition) is 0. The van der Waals surface area contributed by atoms with Gasteiger partial charge in [0, 0.05) is 0 Å². The van der Waals surface area contributed by atoms with E-state index in [9.17, 15) is 9.18 Å². The quantitative estimate of drug-likeness (QED) is 0.347. The molecule has 0 bridgehead atoms. The van der Waals surface area contributed by atoms with Gasteiger partial charge in [-0.2, -0.15) is 0 Å². The molecule has 0 aromatic rings. The standard InChI is InChI=1S/C14H25FO2/c1-5-17-14(16)12(4)13(15)10-8-6-7-9-11(2)3/h11,13H,4-10H2,1-3H3. The predicted octanol–water partition coefficient (Wildman–Crippen LogP) is 4.05. The molecule has 0 amide bonds. The van der Waals surface area contributed by atoms with Gasteiger partial charge in [0.25, 0.3) is 0 Å². The molecular weight excluding hydrogens is 219 g/mol. The Morgan fingerprint density at radius 2 is 1.82 bits per heavy atom. The molecule has 0 rings (SSSR count). The molecule has 0 saturated heterocycles. The van der Waals surface area contributed by atoms with Crippen molar-refractivity contribution in [3.63, 3.8) is 0 Å². The van der Waals surface area contributed by atoms with Crippen LogP contribution in [0.3, 0.4) is 0 Å². The smallest absolute Gasteiger partial charge is 0.336 e. The Morgan fingerprint density at radius 1 is 1.24 bits per heavy atom. The van der Waals surface area contributed by atoms with Crippen molar-refractivity contribution in [2.75, 3.05) is 6.61 Å². The maximum absolute atomic E-state index is 13.6. The first-order valence-electron chi connectivity index (χ1n) is 6.49. The van der Waals surface area contributed by atoms with Gasteiger partial charge in [0.05, 0.1) is 12.2 Å². The third-order valence-electron chi connectivity index (χ3n) is 2.65. The van der Waals surface area contributed by atoms with Crippen molar-refractivity contribution in [1.29, 1.82) is 0 Å². The SMILES string of the molecule is C=C(C(=O)OCC)C(F)CCCCCC(C)C. The third-order valence-corrected chi connectivity index (χ3v) is 2.65. The summed E-state index contributed by atoms with van der Waals surface area (Å²) < 4.78 is 18.3. The summed E-state index contributed by atoms with van der Waals surface area (Å²) in [5, 5.41) is 0.